The van der Waals surface area contributed by atoms with Gasteiger partial charge in [0.1, 0.15) is 5.60 Å². The molecule has 16 heavy (non-hydrogen) atoms. The van der Waals surface area contributed by atoms with Crippen molar-refractivity contribution in [3.05, 3.63) is 33.8 Å². The zero-order chi connectivity index (χ0) is 11.8. The van der Waals surface area contributed by atoms with Crippen molar-refractivity contribution in [3.63, 3.8) is 0 Å². The second-order valence-corrected chi connectivity index (χ2v) is 4.98. The van der Waals surface area contributed by atoms with Gasteiger partial charge in [0.25, 0.3) is 5.24 Å². The molecule has 0 aliphatic heterocycles. The molecule has 2 rings (SSSR count). The van der Waals surface area contributed by atoms with Gasteiger partial charge < -0.3 is 4.74 Å². The van der Waals surface area contributed by atoms with E-state index >= 15 is 0 Å². The molecular weight excluding hydrogens is 270 g/mol. The van der Waals surface area contributed by atoms with Gasteiger partial charge in [-0.15, -0.1) is 0 Å². The number of rotatable bonds is 4. The highest BCUT2D eigenvalue weighted by atomic mass is 35.5. The monoisotopic (exact) mass is 278 g/mol. The number of ether oxygens (including phenoxy) is 1. The van der Waals surface area contributed by atoms with Crippen molar-refractivity contribution in [1.29, 1.82) is 0 Å². The van der Waals surface area contributed by atoms with Crippen molar-refractivity contribution in [2.24, 2.45) is 0 Å². The molecule has 0 spiro atoms. The predicted molar refractivity (Wildman–Crippen MR) is 64.1 cm³/mol. The normalized spacial score (nSPS) is 17.2. The predicted octanol–water partition coefficient (Wildman–Crippen LogP) is 3.81. The molecule has 0 heterocycles. The van der Waals surface area contributed by atoms with Crippen molar-refractivity contribution in [3.8, 4) is 0 Å². The minimum atomic E-state index is -0.785. The van der Waals surface area contributed by atoms with Crippen molar-refractivity contribution in [2.45, 2.75) is 25.0 Å². The molecule has 1 saturated carbocycles. The van der Waals surface area contributed by atoms with Crippen LogP contribution >= 0.6 is 34.8 Å². The number of benzene rings is 1. The van der Waals surface area contributed by atoms with Gasteiger partial charge in [0, 0.05) is 10.0 Å². The van der Waals surface area contributed by atoms with E-state index in [0.29, 0.717) is 22.9 Å². The first-order valence-corrected chi connectivity index (χ1v) is 5.95. The second kappa shape index (κ2) is 4.53. The Bertz CT molecular complexity index is 427. The third kappa shape index (κ3) is 2.51. The summed E-state index contributed by atoms with van der Waals surface area (Å²) < 4.78 is 5.50. The molecule has 1 aromatic carbocycles. The van der Waals surface area contributed by atoms with E-state index in [1.165, 1.54) is 0 Å². The Balaban J connectivity index is 2.05. The van der Waals surface area contributed by atoms with Gasteiger partial charge in [0.2, 0.25) is 0 Å². The first kappa shape index (κ1) is 12.2. The summed E-state index contributed by atoms with van der Waals surface area (Å²) in [5, 5.41) is 0.720. The molecule has 0 aromatic heterocycles. The van der Waals surface area contributed by atoms with Crippen LogP contribution in [0.5, 0.6) is 0 Å². The molecule has 1 aromatic rings. The smallest absolute Gasteiger partial charge is 0.253 e. The lowest BCUT2D eigenvalue weighted by Gasteiger charge is -2.12. The Labute approximate surface area is 108 Å². The standard InChI is InChI=1S/C11H9Cl3O2/c12-8-1-2-9(13)7(5-8)6-16-11(3-4-11)10(14)15/h1-2,5H,3-4,6H2. The zero-order valence-electron chi connectivity index (χ0n) is 8.30. The van der Waals surface area contributed by atoms with Gasteiger partial charge in [-0.05, 0) is 48.2 Å². The molecule has 0 unspecified atom stereocenters. The van der Waals surface area contributed by atoms with E-state index in [1.54, 1.807) is 18.2 Å². The Morgan fingerprint density at radius 2 is 2.06 bits per heavy atom. The van der Waals surface area contributed by atoms with Gasteiger partial charge >= 0.3 is 0 Å². The molecule has 1 fully saturated rings. The molecule has 0 amide bonds. The Morgan fingerprint density at radius 3 is 2.62 bits per heavy atom. The highest BCUT2D eigenvalue weighted by molar-refractivity contribution is 6.65. The van der Waals surface area contributed by atoms with Gasteiger partial charge in [-0.3, -0.25) is 4.79 Å². The molecule has 0 bridgehead atoms. The molecule has 0 N–H and O–H groups in total. The van der Waals surface area contributed by atoms with E-state index in [1.807, 2.05) is 0 Å². The lowest BCUT2D eigenvalue weighted by atomic mass is 10.2. The summed E-state index contributed by atoms with van der Waals surface area (Å²) >= 11 is 17.3. The fourth-order valence-corrected chi connectivity index (χ4v) is 1.99. The zero-order valence-corrected chi connectivity index (χ0v) is 10.6. The largest absolute Gasteiger partial charge is 0.361 e. The minimum Gasteiger partial charge on any atom is -0.361 e. The van der Waals surface area contributed by atoms with E-state index in [9.17, 15) is 4.79 Å². The summed E-state index contributed by atoms with van der Waals surface area (Å²) in [5.74, 6) is 0. The van der Waals surface area contributed by atoms with Gasteiger partial charge in [-0.1, -0.05) is 23.2 Å². The Kier molecular flexibility index (Phi) is 3.45. The van der Waals surface area contributed by atoms with E-state index in [4.69, 9.17) is 39.5 Å². The van der Waals surface area contributed by atoms with E-state index < -0.39 is 10.8 Å². The van der Waals surface area contributed by atoms with E-state index in [2.05, 4.69) is 0 Å². The fourth-order valence-electron chi connectivity index (χ4n) is 1.38. The summed E-state index contributed by atoms with van der Waals surface area (Å²) in [6, 6.07) is 5.12. The molecule has 86 valence electrons. The molecule has 0 radical (unpaired) electrons. The van der Waals surface area contributed by atoms with Gasteiger partial charge in [0.15, 0.2) is 0 Å². The van der Waals surface area contributed by atoms with Crippen molar-refractivity contribution < 1.29 is 9.53 Å². The molecule has 5 heteroatoms. The minimum absolute atomic E-state index is 0.248. The highest BCUT2D eigenvalue weighted by Gasteiger charge is 2.50. The molecule has 1 aliphatic rings. The quantitative estimate of drug-likeness (QED) is 0.784. The average Bonchev–Trinajstić information content (AvgIpc) is 3.00. The van der Waals surface area contributed by atoms with Crippen LogP contribution in [0.1, 0.15) is 18.4 Å². The van der Waals surface area contributed by atoms with Crippen molar-refractivity contribution in [1.82, 2.24) is 0 Å². The first-order chi connectivity index (χ1) is 7.53. The first-order valence-electron chi connectivity index (χ1n) is 4.81. The average molecular weight is 280 g/mol. The van der Waals surface area contributed by atoms with Crippen LogP contribution in [-0.4, -0.2) is 10.8 Å². The maximum atomic E-state index is 11.1. The summed E-state index contributed by atoms with van der Waals surface area (Å²) in [4.78, 5) is 11.1. The van der Waals surface area contributed by atoms with Crippen LogP contribution in [0.2, 0.25) is 10.0 Å². The Morgan fingerprint density at radius 1 is 1.38 bits per heavy atom. The summed E-state index contributed by atoms with van der Waals surface area (Å²) in [6.07, 6.45) is 1.35. The number of halogens is 3. The van der Waals surface area contributed by atoms with E-state index in [-0.39, 0.29) is 6.61 Å². The number of hydrogen-bond donors (Lipinski definition) is 0. The van der Waals surface area contributed by atoms with Gasteiger partial charge in [-0.2, -0.15) is 0 Å². The third-order valence-electron chi connectivity index (χ3n) is 2.57. The third-order valence-corrected chi connectivity index (χ3v) is 3.52. The molecule has 1 aliphatic carbocycles. The summed E-state index contributed by atoms with van der Waals surface area (Å²) in [6.45, 7) is 0.248. The highest BCUT2D eigenvalue weighted by Crippen LogP contribution is 2.42. The number of carbonyl (C=O) groups excluding carboxylic acids is 1. The number of carbonyl (C=O) groups is 1. The molecule has 0 atom stereocenters. The van der Waals surface area contributed by atoms with Crippen LogP contribution in [0, 0.1) is 0 Å². The maximum absolute atomic E-state index is 11.1. The maximum Gasteiger partial charge on any atom is 0.253 e. The van der Waals surface area contributed by atoms with Crippen LogP contribution in [0.25, 0.3) is 0 Å². The van der Waals surface area contributed by atoms with Crippen LogP contribution in [-0.2, 0) is 16.1 Å². The molecule has 0 saturated heterocycles. The van der Waals surface area contributed by atoms with E-state index in [0.717, 1.165) is 5.56 Å². The molecular formula is C11H9Cl3O2. The van der Waals surface area contributed by atoms with Crippen LogP contribution in [0.3, 0.4) is 0 Å². The van der Waals surface area contributed by atoms with Crippen molar-refractivity contribution >= 4 is 40.0 Å². The SMILES string of the molecule is O=C(Cl)C1(OCc2cc(Cl)ccc2Cl)CC1. The van der Waals surface area contributed by atoms with Crippen molar-refractivity contribution in [2.75, 3.05) is 0 Å². The van der Waals surface area contributed by atoms with Gasteiger partial charge in [-0.25, -0.2) is 0 Å². The lowest BCUT2D eigenvalue weighted by Crippen LogP contribution is -2.21. The van der Waals surface area contributed by atoms with Crippen LogP contribution in [0.15, 0.2) is 18.2 Å². The van der Waals surface area contributed by atoms with Crippen LogP contribution in [0.4, 0.5) is 0 Å². The lowest BCUT2D eigenvalue weighted by molar-refractivity contribution is -0.125. The summed E-state index contributed by atoms with van der Waals surface area (Å²) in [5.41, 5.74) is -0.0222. The molecule has 2 nitrogen and oxygen atoms in total. The van der Waals surface area contributed by atoms with Gasteiger partial charge in [0.05, 0.1) is 6.61 Å². The second-order valence-electron chi connectivity index (χ2n) is 3.79. The topological polar surface area (TPSA) is 26.3 Å². The number of hydrogen-bond acceptors (Lipinski definition) is 2. The Hall–Kier alpha value is -0.280. The van der Waals surface area contributed by atoms with Crippen LogP contribution < -0.4 is 0 Å². The summed E-state index contributed by atoms with van der Waals surface area (Å²) in [7, 11) is 0. The fraction of sp³-hybridized carbons (Fsp3) is 0.364.